The van der Waals surface area contributed by atoms with E-state index in [1.54, 1.807) is 11.3 Å². The van der Waals surface area contributed by atoms with Crippen LogP contribution >= 0.6 is 22.9 Å². The molecular formula is C16H23ClN2O3S. The number of aliphatic carboxylic acids is 1. The van der Waals surface area contributed by atoms with E-state index in [1.807, 2.05) is 12.1 Å². The number of aryl methyl sites for hydroxylation is 1. The molecule has 23 heavy (non-hydrogen) atoms. The van der Waals surface area contributed by atoms with Gasteiger partial charge in [-0.1, -0.05) is 11.6 Å². The lowest BCUT2D eigenvalue weighted by atomic mass is 9.86. The zero-order valence-electron chi connectivity index (χ0n) is 13.0. The largest absolute Gasteiger partial charge is 0.481 e. The zero-order valence-corrected chi connectivity index (χ0v) is 14.6. The summed E-state index contributed by atoms with van der Waals surface area (Å²) in [7, 11) is 0. The fourth-order valence-electron chi connectivity index (χ4n) is 2.83. The molecule has 1 aromatic rings. The van der Waals surface area contributed by atoms with Crippen LogP contribution in [0.4, 0.5) is 4.79 Å². The van der Waals surface area contributed by atoms with Crippen LogP contribution < -0.4 is 10.6 Å². The number of hydrogen-bond donors (Lipinski definition) is 3. The number of carboxylic acid groups (broad SMARTS) is 1. The van der Waals surface area contributed by atoms with E-state index in [9.17, 15) is 9.59 Å². The summed E-state index contributed by atoms with van der Waals surface area (Å²) in [5.41, 5.74) is 0. The van der Waals surface area contributed by atoms with Gasteiger partial charge in [0.05, 0.1) is 10.3 Å². The molecule has 5 nitrogen and oxygen atoms in total. The van der Waals surface area contributed by atoms with Gasteiger partial charge in [-0.3, -0.25) is 4.79 Å². The number of amides is 2. The maximum atomic E-state index is 11.8. The van der Waals surface area contributed by atoms with Crippen LogP contribution in [-0.2, 0) is 11.2 Å². The van der Waals surface area contributed by atoms with Crippen molar-refractivity contribution in [3.63, 3.8) is 0 Å². The van der Waals surface area contributed by atoms with Gasteiger partial charge >= 0.3 is 12.0 Å². The van der Waals surface area contributed by atoms with Crippen molar-refractivity contribution in [1.82, 2.24) is 10.6 Å². The Hall–Kier alpha value is -1.27. The summed E-state index contributed by atoms with van der Waals surface area (Å²) in [4.78, 5) is 24.0. The molecule has 2 rings (SSSR count). The highest BCUT2D eigenvalue weighted by atomic mass is 35.5. The molecule has 2 amide bonds. The first-order valence-electron chi connectivity index (χ1n) is 8.06. The summed E-state index contributed by atoms with van der Waals surface area (Å²) in [6.45, 7) is 0.648. The molecular weight excluding hydrogens is 336 g/mol. The van der Waals surface area contributed by atoms with E-state index < -0.39 is 5.97 Å². The normalized spacial score (nSPS) is 20.9. The van der Waals surface area contributed by atoms with E-state index in [-0.39, 0.29) is 18.0 Å². The summed E-state index contributed by atoms with van der Waals surface area (Å²) in [6, 6.07) is 3.90. The first-order valence-corrected chi connectivity index (χ1v) is 9.25. The third-order valence-electron chi connectivity index (χ3n) is 4.18. The van der Waals surface area contributed by atoms with Gasteiger partial charge in [0.2, 0.25) is 0 Å². The number of urea groups is 1. The van der Waals surface area contributed by atoms with Crippen molar-refractivity contribution in [3.05, 3.63) is 21.3 Å². The highest BCUT2D eigenvalue weighted by Gasteiger charge is 2.26. The molecule has 0 radical (unpaired) electrons. The number of halogens is 1. The van der Waals surface area contributed by atoms with Gasteiger partial charge < -0.3 is 15.7 Å². The number of hydrogen-bond acceptors (Lipinski definition) is 3. The number of rotatable bonds is 7. The molecule has 1 fully saturated rings. The van der Waals surface area contributed by atoms with Crippen LogP contribution in [0.3, 0.4) is 0 Å². The van der Waals surface area contributed by atoms with Crippen LogP contribution in [-0.4, -0.2) is 29.7 Å². The van der Waals surface area contributed by atoms with Crippen molar-refractivity contribution in [2.24, 2.45) is 5.92 Å². The summed E-state index contributed by atoms with van der Waals surface area (Å²) in [5, 5.41) is 14.7. The van der Waals surface area contributed by atoms with Crippen molar-refractivity contribution in [3.8, 4) is 0 Å². The number of thiophene rings is 1. The van der Waals surface area contributed by atoms with Gasteiger partial charge in [0.15, 0.2) is 0 Å². The van der Waals surface area contributed by atoms with E-state index in [0.717, 1.165) is 36.4 Å². The van der Waals surface area contributed by atoms with Crippen molar-refractivity contribution >= 4 is 34.9 Å². The molecule has 0 atom stereocenters. The molecule has 1 aliphatic carbocycles. The number of carboxylic acids is 1. The Morgan fingerprint density at radius 3 is 2.57 bits per heavy atom. The van der Waals surface area contributed by atoms with E-state index in [1.165, 1.54) is 4.88 Å². The van der Waals surface area contributed by atoms with Crippen LogP contribution in [0.25, 0.3) is 0 Å². The molecule has 1 heterocycles. The number of carbonyl (C=O) groups excluding carboxylic acids is 1. The molecule has 0 saturated heterocycles. The SMILES string of the molecule is O=C(NCCCCc1ccc(Cl)s1)NC1CCC(C(=O)O)CC1. The van der Waals surface area contributed by atoms with Crippen molar-refractivity contribution in [2.75, 3.05) is 6.54 Å². The molecule has 3 N–H and O–H groups in total. The second-order valence-electron chi connectivity index (χ2n) is 5.95. The highest BCUT2D eigenvalue weighted by molar-refractivity contribution is 7.16. The van der Waals surface area contributed by atoms with Gasteiger partial charge in [0, 0.05) is 17.5 Å². The van der Waals surface area contributed by atoms with E-state index in [4.69, 9.17) is 16.7 Å². The zero-order chi connectivity index (χ0) is 16.7. The number of carbonyl (C=O) groups is 2. The Morgan fingerprint density at radius 2 is 1.96 bits per heavy atom. The number of nitrogens with one attached hydrogen (secondary N) is 2. The Morgan fingerprint density at radius 1 is 1.22 bits per heavy atom. The Bertz CT molecular complexity index is 527. The van der Waals surface area contributed by atoms with Crippen molar-refractivity contribution in [2.45, 2.75) is 51.0 Å². The minimum absolute atomic E-state index is 0.0962. The molecule has 1 saturated carbocycles. The molecule has 0 spiro atoms. The third-order valence-corrected chi connectivity index (χ3v) is 5.47. The predicted molar refractivity (Wildman–Crippen MR) is 92.2 cm³/mol. The maximum absolute atomic E-state index is 11.8. The number of unbranched alkanes of at least 4 members (excludes halogenated alkanes) is 1. The summed E-state index contributed by atoms with van der Waals surface area (Å²) < 4.78 is 0.815. The fraction of sp³-hybridized carbons (Fsp3) is 0.625. The first-order chi connectivity index (χ1) is 11.0. The van der Waals surface area contributed by atoms with E-state index >= 15 is 0 Å². The Kier molecular flexibility index (Phi) is 7.17. The molecule has 1 aromatic heterocycles. The Balaban J connectivity index is 1.53. The molecule has 0 bridgehead atoms. The van der Waals surface area contributed by atoms with Crippen molar-refractivity contribution in [1.29, 1.82) is 0 Å². The van der Waals surface area contributed by atoms with Gasteiger partial charge in [-0.15, -0.1) is 11.3 Å². The summed E-state index contributed by atoms with van der Waals surface area (Å²) >= 11 is 7.48. The quantitative estimate of drug-likeness (QED) is 0.651. The first kappa shape index (κ1) is 18.1. The van der Waals surface area contributed by atoms with Gasteiger partial charge in [0.25, 0.3) is 0 Å². The molecule has 1 aliphatic rings. The monoisotopic (exact) mass is 358 g/mol. The van der Waals surface area contributed by atoms with Gasteiger partial charge in [-0.2, -0.15) is 0 Å². The van der Waals surface area contributed by atoms with Crippen LogP contribution in [0.2, 0.25) is 4.34 Å². The van der Waals surface area contributed by atoms with Crippen molar-refractivity contribution < 1.29 is 14.7 Å². The average Bonchev–Trinajstić information content (AvgIpc) is 2.93. The second kappa shape index (κ2) is 9.13. The predicted octanol–water partition coefficient (Wildman–Crippen LogP) is 3.67. The van der Waals surface area contributed by atoms with Gasteiger partial charge in [-0.05, 0) is 57.1 Å². The standard InChI is InChI=1S/C16H23ClN2O3S/c17-14-9-8-13(23-14)3-1-2-10-18-16(22)19-12-6-4-11(5-7-12)15(20)21/h8-9,11-12H,1-7,10H2,(H,20,21)(H2,18,19,22). The van der Waals surface area contributed by atoms with Crippen LogP contribution in [0.15, 0.2) is 12.1 Å². The highest BCUT2D eigenvalue weighted by Crippen LogP contribution is 2.24. The molecule has 0 aliphatic heterocycles. The van der Waals surface area contributed by atoms with Crippen LogP contribution in [0.5, 0.6) is 0 Å². The lowest BCUT2D eigenvalue weighted by molar-refractivity contribution is -0.142. The molecule has 0 aromatic carbocycles. The lowest BCUT2D eigenvalue weighted by Gasteiger charge is -2.26. The third kappa shape index (κ3) is 6.39. The Labute approximate surface area is 145 Å². The molecule has 7 heteroatoms. The molecule has 0 unspecified atom stereocenters. The van der Waals surface area contributed by atoms with E-state index in [2.05, 4.69) is 10.6 Å². The van der Waals surface area contributed by atoms with E-state index in [0.29, 0.717) is 19.4 Å². The topological polar surface area (TPSA) is 78.4 Å². The summed E-state index contributed by atoms with van der Waals surface area (Å²) in [6.07, 6.45) is 5.69. The summed E-state index contributed by atoms with van der Waals surface area (Å²) in [5.74, 6) is -0.971. The molecule has 128 valence electrons. The smallest absolute Gasteiger partial charge is 0.315 e. The second-order valence-corrected chi connectivity index (χ2v) is 7.75. The minimum atomic E-state index is -0.722. The minimum Gasteiger partial charge on any atom is -0.481 e. The van der Waals surface area contributed by atoms with Gasteiger partial charge in [0.1, 0.15) is 0 Å². The van der Waals surface area contributed by atoms with Crippen LogP contribution in [0.1, 0.15) is 43.4 Å². The maximum Gasteiger partial charge on any atom is 0.315 e. The van der Waals surface area contributed by atoms with Crippen LogP contribution in [0, 0.1) is 5.92 Å². The van der Waals surface area contributed by atoms with Gasteiger partial charge in [-0.25, -0.2) is 4.79 Å². The average molecular weight is 359 g/mol. The fourth-order valence-corrected chi connectivity index (χ4v) is 3.96. The lowest BCUT2D eigenvalue weighted by Crippen LogP contribution is -2.44.